The first-order chi connectivity index (χ1) is 9.10. The molecule has 0 aliphatic carbocycles. The van der Waals surface area contributed by atoms with Gasteiger partial charge in [-0.3, -0.25) is 4.79 Å². The number of benzene rings is 2. The van der Waals surface area contributed by atoms with Crippen LogP contribution in [0.3, 0.4) is 0 Å². The molecule has 19 heavy (non-hydrogen) atoms. The molecule has 0 aromatic heterocycles. The summed E-state index contributed by atoms with van der Waals surface area (Å²) >= 11 is 0. The zero-order valence-corrected chi connectivity index (χ0v) is 10.5. The van der Waals surface area contributed by atoms with E-state index in [0.717, 1.165) is 5.56 Å². The molecule has 0 unspecified atom stereocenters. The van der Waals surface area contributed by atoms with Crippen molar-refractivity contribution in [3.05, 3.63) is 59.2 Å². The molecule has 0 atom stereocenters. The summed E-state index contributed by atoms with van der Waals surface area (Å²) in [6.45, 7) is 1.90. The van der Waals surface area contributed by atoms with E-state index in [0.29, 0.717) is 22.5 Å². The van der Waals surface area contributed by atoms with E-state index < -0.39 is 0 Å². The van der Waals surface area contributed by atoms with Crippen LogP contribution in [0.5, 0.6) is 0 Å². The second-order valence-electron chi connectivity index (χ2n) is 4.24. The number of carbonyl (C=O) groups is 1. The number of hydrogen-bond donors (Lipinski definition) is 2. The lowest BCUT2D eigenvalue weighted by Crippen LogP contribution is -2.12. The number of nitrogens with zero attached hydrogens (tertiary/aromatic N) is 1. The van der Waals surface area contributed by atoms with Crippen LogP contribution in [0.25, 0.3) is 0 Å². The van der Waals surface area contributed by atoms with E-state index in [-0.39, 0.29) is 5.91 Å². The van der Waals surface area contributed by atoms with Crippen LogP contribution in [-0.4, -0.2) is 5.91 Å². The van der Waals surface area contributed by atoms with Crippen molar-refractivity contribution in [2.24, 2.45) is 0 Å². The second-order valence-corrected chi connectivity index (χ2v) is 4.24. The highest BCUT2D eigenvalue weighted by atomic mass is 16.1. The summed E-state index contributed by atoms with van der Waals surface area (Å²) in [4.78, 5) is 12.0. The van der Waals surface area contributed by atoms with Crippen LogP contribution in [0.1, 0.15) is 21.5 Å². The van der Waals surface area contributed by atoms with Gasteiger partial charge in [0.05, 0.1) is 11.3 Å². The molecule has 1 amide bonds. The molecule has 4 nitrogen and oxygen atoms in total. The topological polar surface area (TPSA) is 78.9 Å². The summed E-state index contributed by atoms with van der Waals surface area (Å²) in [6, 6.07) is 14.0. The smallest absolute Gasteiger partial charge is 0.255 e. The normalized spacial score (nSPS) is 9.68. The van der Waals surface area contributed by atoms with Gasteiger partial charge in [0.2, 0.25) is 0 Å². The van der Waals surface area contributed by atoms with Gasteiger partial charge < -0.3 is 11.1 Å². The number of hydrogen-bond acceptors (Lipinski definition) is 3. The summed E-state index contributed by atoms with van der Waals surface area (Å²) in [6.07, 6.45) is 0. The third-order valence-corrected chi connectivity index (χ3v) is 2.72. The monoisotopic (exact) mass is 251 g/mol. The van der Waals surface area contributed by atoms with Crippen molar-refractivity contribution in [1.29, 1.82) is 5.26 Å². The van der Waals surface area contributed by atoms with Crippen molar-refractivity contribution in [2.75, 3.05) is 11.1 Å². The van der Waals surface area contributed by atoms with Crippen molar-refractivity contribution in [3.63, 3.8) is 0 Å². The summed E-state index contributed by atoms with van der Waals surface area (Å²) in [5.74, 6) is -0.264. The van der Waals surface area contributed by atoms with E-state index in [2.05, 4.69) is 11.4 Å². The summed E-state index contributed by atoms with van der Waals surface area (Å²) in [7, 11) is 0. The maximum Gasteiger partial charge on any atom is 0.255 e. The largest absolute Gasteiger partial charge is 0.399 e. The molecule has 2 aromatic carbocycles. The molecular weight excluding hydrogens is 238 g/mol. The van der Waals surface area contributed by atoms with Gasteiger partial charge >= 0.3 is 0 Å². The second kappa shape index (κ2) is 5.23. The van der Waals surface area contributed by atoms with Gasteiger partial charge in [0.25, 0.3) is 5.91 Å². The average molecular weight is 251 g/mol. The third kappa shape index (κ3) is 2.90. The van der Waals surface area contributed by atoms with Crippen LogP contribution in [0.4, 0.5) is 11.4 Å². The van der Waals surface area contributed by atoms with Crippen molar-refractivity contribution in [3.8, 4) is 6.07 Å². The van der Waals surface area contributed by atoms with Gasteiger partial charge in [0.15, 0.2) is 0 Å². The number of rotatable bonds is 2. The molecule has 0 saturated heterocycles. The molecule has 2 aromatic rings. The summed E-state index contributed by atoms with van der Waals surface area (Å²) in [5, 5.41) is 11.8. The fraction of sp³-hybridized carbons (Fsp3) is 0.0667. The highest BCUT2D eigenvalue weighted by Crippen LogP contribution is 2.17. The van der Waals surface area contributed by atoms with Gasteiger partial charge in [-0.05, 0) is 48.9 Å². The molecule has 0 heterocycles. The molecular formula is C15H13N3O. The fourth-order valence-corrected chi connectivity index (χ4v) is 1.69. The number of nitrogen functional groups attached to an aromatic ring is 1. The molecule has 0 spiro atoms. The van der Waals surface area contributed by atoms with Crippen LogP contribution in [0.15, 0.2) is 42.5 Å². The van der Waals surface area contributed by atoms with Gasteiger partial charge in [0.1, 0.15) is 6.07 Å². The number of nitrogens with one attached hydrogen (secondary N) is 1. The van der Waals surface area contributed by atoms with Gasteiger partial charge in [-0.15, -0.1) is 0 Å². The van der Waals surface area contributed by atoms with E-state index in [1.807, 2.05) is 13.0 Å². The Kier molecular flexibility index (Phi) is 3.48. The highest BCUT2D eigenvalue weighted by Gasteiger charge is 2.09. The molecule has 0 radical (unpaired) electrons. The molecule has 0 aliphatic heterocycles. The van der Waals surface area contributed by atoms with Gasteiger partial charge in [-0.25, -0.2) is 0 Å². The van der Waals surface area contributed by atoms with E-state index in [9.17, 15) is 4.79 Å². The van der Waals surface area contributed by atoms with Gasteiger partial charge in [-0.1, -0.05) is 6.07 Å². The van der Waals surface area contributed by atoms with Crippen molar-refractivity contribution < 1.29 is 4.79 Å². The minimum absolute atomic E-state index is 0.264. The summed E-state index contributed by atoms with van der Waals surface area (Å²) < 4.78 is 0. The first-order valence-electron chi connectivity index (χ1n) is 5.78. The molecule has 0 aliphatic rings. The predicted octanol–water partition coefficient (Wildman–Crippen LogP) is 2.70. The number of anilines is 2. The van der Waals surface area contributed by atoms with E-state index >= 15 is 0 Å². The van der Waals surface area contributed by atoms with Gasteiger partial charge in [0, 0.05) is 11.3 Å². The molecule has 94 valence electrons. The minimum atomic E-state index is -0.264. The molecule has 0 saturated carbocycles. The molecule has 0 bridgehead atoms. The Morgan fingerprint density at radius 1 is 1.21 bits per heavy atom. The first kappa shape index (κ1) is 12.7. The summed E-state index contributed by atoms with van der Waals surface area (Å²) in [5.41, 5.74) is 8.60. The van der Waals surface area contributed by atoms with Gasteiger partial charge in [-0.2, -0.15) is 5.26 Å². The Balaban J connectivity index is 2.24. The minimum Gasteiger partial charge on any atom is -0.399 e. The number of aryl methyl sites for hydroxylation is 1. The van der Waals surface area contributed by atoms with E-state index in [1.54, 1.807) is 36.4 Å². The van der Waals surface area contributed by atoms with Crippen molar-refractivity contribution in [2.45, 2.75) is 6.92 Å². The fourth-order valence-electron chi connectivity index (χ4n) is 1.69. The van der Waals surface area contributed by atoms with Crippen LogP contribution in [-0.2, 0) is 0 Å². The van der Waals surface area contributed by atoms with Crippen molar-refractivity contribution >= 4 is 17.3 Å². The van der Waals surface area contributed by atoms with Crippen molar-refractivity contribution in [1.82, 2.24) is 0 Å². The van der Waals surface area contributed by atoms with Crippen LogP contribution in [0, 0.1) is 18.3 Å². The molecule has 4 heteroatoms. The number of carbonyl (C=O) groups excluding carboxylic acids is 1. The van der Waals surface area contributed by atoms with Crippen LogP contribution in [0.2, 0.25) is 0 Å². The lowest BCUT2D eigenvalue weighted by atomic mass is 10.1. The molecule has 0 fully saturated rings. The van der Waals surface area contributed by atoms with E-state index in [4.69, 9.17) is 11.0 Å². The zero-order valence-electron chi connectivity index (χ0n) is 10.5. The molecule has 2 rings (SSSR count). The maximum atomic E-state index is 12.0. The maximum absolute atomic E-state index is 12.0. The number of amides is 1. The standard InChI is InChI=1S/C15H13N3O/c1-10-2-7-14(12(8-10)9-16)18-15(19)11-3-5-13(17)6-4-11/h2-8H,17H2,1H3,(H,18,19). The lowest BCUT2D eigenvalue weighted by molar-refractivity contribution is 0.102. The quantitative estimate of drug-likeness (QED) is 0.805. The van der Waals surface area contributed by atoms with Crippen LogP contribution >= 0.6 is 0 Å². The number of nitriles is 1. The Bertz CT molecular complexity index is 654. The SMILES string of the molecule is Cc1ccc(NC(=O)c2ccc(N)cc2)c(C#N)c1. The predicted molar refractivity (Wildman–Crippen MR) is 74.7 cm³/mol. The van der Waals surface area contributed by atoms with Crippen LogP contribution < -0.4 is 11.1 Å². The molecule has 3 N–H and O–H groups in total. The Labute approximate surface area is 111 Å². The zero-order chi connectivity index (χ0) is 13.8. The van der Waals surface area contributed by atoms with E-state index in [1.165, 1.54) is 0 Å². The Morgan fingerprint density at radius 3 is 2.53 bits per heavy atom. The first-order valence-corrected chi connectivity index (χ1v) is 5.78. The Morgan fingerprint density at radius 2 is 1.89 bits per heavy atom. The Hall–Kier alpha value is -2.80. The lowest BCUT2D eigenvalue weighted by Gasteiger charge is -2.08. The average Bonchev–Trinajstić information content (AvgIpc) is 2.41. The highest BCUT2D eigenvalue weighted by molar-refractivity contribution is 6.05. The number of nitrogens with two attached hydrogens (primary N) is 1. The third-order valence-electron chi connectivity index (χ3n) is 2.72.